The molecule has 5 heteroatoms. The van der Waals surface area contributed by atoms with E-state index < -0.39 is 0 Å². The van der Waals surface area contributed by atoms with Crippen molar-refractivity contribution >= 4 is 45.5 Å². The van der Waals surface area contributed by atoms with E-state index in [1.807, 2.05) is 0 Å². The average molecular weight is 459 g/mol. The molecule has 0 spiro atoms. The zero-order chi connectivity index (χ0) is 2.00. The summed E-state index contributed by atoms with van der Waals surface area (Å²) in [7, 11) is 0. The van der Waals surface area contributed by atoms with Crippen molar-refractivity contribution in [1.29, 1.82) is 0 Å². The van der Waals surface area contributed by atoms with Gasteiger partial charge in [0.15, 0.2) is 0 Å². The Hall–Kier alpha value is 4.31. The molecule has 0 rings (SSSR count). The molecule has 0 fully saturated rings. The van der Waals surface area contributed by atoms with Crippen molar-refractivity contribution in [3.63, 3.8) is 0 Å². The standard InChI is InChI=1S/Co.Gd.La.O.Sr. The minimum Gasteiger partial charge on any atom is 0 e. The van der Waals surface area contributed by atoms with Crippen LogP contribution in [0.15, 0.2) is 0 Å². The summed E-state index contributed by atoms with van der Waals surface area (Å²) in [5.74, 6) is 0. The number of hydrogen-bond acceptors (Lipinski definition) is 1. The second kappa shape index (κ2) is 23.9. The molecule has 0 amide bonds. The Morgan fingerprint density at radius 3 is 1.20 bits per heavy atom. The first-order chi connectivity index (χ1) is 1.00. The molecule has 0 saturated heterocycles. The molecule has 0 aliphatic carbocycles. The fourth-order valence-electron chi connectivity index (χ4n) is 0. The third kappa shape index (κ3) is 17.8. The van der Waals surface area contributed by atoms with Gasteiger partial charge < -0.3 is 0 Å². The molecule has 0 N–H and O–H groups in total. The van der Waals surface area contributed by atoms with Crippen molar-refractivity contribution in [2.75, 3.05) is 0 Å². The van der Waals surface area contributed by atoms with Crippen molar-refractivity contribution in [1.82, 2.24) is 0 Å². The van der Waals surface area contributed by atoms with Crippen LogP contribution in [0.4, 0.5) is 0 Å². The molecule has 0 atom stereocenters. The van der Waals surface area contributed by atoms with Gasteiger partial charge in [-0.3, -0.25) is 0 Å². The molecule has 5 heavy (non-hydrogen) atoms. The predicted molar refractivity (Wildman–Crippen MR) is 6.44 cm³/mol. The van der Waals surface area contributed by atoms with Gasteiger partial charge in [-0.2, -0.15) is 0 Å². The smallest absolute Gasteiger partial charge is 0 e. The molecule has 0 aromatic carbocycles. The van der Waals surface area contributed by atoms with Crippen LogP contribution >= 0.6 is 0 Å². The molecule has 0 aliphatic heterocycles. The zero-order valence-electron chi connectivity index (χ0n) is 2.38. The van der Waals surface area contributed by atoms with Gasteiger partial charge in [0.25, 0.3) is 0 Å². The molecule has 0 aliphatic rings. The summed E-state index contributed by atoms with van der Waals surface area (Å²) in [6, 6.07) is 0. The van der Waals surface area contributed by atoms with Crippen LogP contribution in [0.5, 0.6) is 0 Å². The van der Waals surface area contributed by atoms with Crippen LogP contribution in [0.3, 0.4) is 0 Å². The Morgan fingerprint density at radius 2 is 1.20 bits per heavy atom. The summed E-state index contributed by atoms with van der Waals surface area (Å²) >= 11 is 2.31. The van der Waals surface area contributed by atoms with E-state index >= 15 is 0 Å². The Balaban J connectivity index is -0.00000000167. The molecule has 0 heterocycles. The van der Waals surface area contributed by atoms with Crippen LogP contribution in [0.1, 0.15) is 0 Å². The molecule has 0 aromatic heterocycles. The monoisotopic (exact) mass is 460 g/mol. The molecular weight excluding hydrogens is 459 g/mol. The summed E-state index contributed by atoms with van der Waals surface area (Å²) in [5.41, 5.74) is 0. The van der Waals surface area contributed by atoms with Crippen molar-refractivity contribution < 1.29 is 95.1 Å². The van der Waals surface area contributed by atoms with Crippen LogP contribution in [0, 0.1) is 75.5 Å². The third-order valence-corrected chi connectivity index (χ3v) is 0. The van der Waals surface area contributed by atoms with Gasteiger partial charge in [-0.1, -0.05) is 0 Å². The second-order valence-corrected chi connectivity index (χ2v) is 0. The maximum absolute atomic E-state index is 7.94. The van der Waals surface area contributed by atoms with E-state index in [1.165, 1.54) is 0 Å². The van der Waals surface area contributed by atoms with Gasteiger partial charge in [-0.25, -0.2) is 0 Å². The predicted octanol–water partition coefficient (Wildman–Crippen LogP) is -0.502. The first-order valence-corrected chi connectivity index (χ1v) is 0.561. The van der Waals surface area contributed by atoms with Crippen molar-refractivity contribution in [2.24, 2.45) is 0 Å². The molecule has 0 unspecified atom stereocenters. The molecule has 3 radical (unpaired) electrons. The quantitative estimate of drug-likeness (QED) is 0.448. The van der Waals surface area contributed by atoms with Crippen molar-refractivity contribution in [3.05, 3.63) is 0 Å². The fourth-order valence-corrected chi connectivity index (χ4v) is 0. The van der Waals surface area contributed by atoms with Crippen molar-refractivity contribution in [3.8, 4) is 0 Å². The Labute approximate surface area is 136 Å². The number of rotatable bonds is 0. The summed E-state index contributed by atoms with van der Waals surface area (Å²) in [4.78, 5) is 0. The van der Waals surface area contributed by atoms with E-state index in [-0.39, 0.29) is 121 Å². The molecule has 0 bridgehead atoms. The van der Waals surface area contributed by atoms with Gasteiger partial charge >= 0.3 is 19.5 Å². The van der Waals surface area contributed by atoms with Gasteiger partial charge in [0, 0.05) is 121 Å². The van der Waals surface area contributed by atoms with Crippen molar-refractivity contribution in [2.45, 2.75) is 0 Å². The second-order valence-electron chi connectivity index (χ2n) is 0. The molecule has 28 valence electrons. The van der Waals surface area contributed by atoms with Gasteiger partial charge in [0.2, 0.25) is 0 Å². The minimum absolute atomic E-state index is 0. The minimum atomic E-state index is 0. The van der Waals surface area contributed by atoms with Gasteiger partial charge in [-0.15, -0.1) is 0 Å². The van der Waals surface area contributed by atoms with Crippen LogP contribution in [0.25, 0.3) is 0 Å². The third-order valence-electron chi connectivity index (χ3n) is 0. The van der Waals surface area contributed by atoms with Crippen LogP contribution < -0.4 is 0 Å². The first kappa shape index (κ1) is 22.8. The van der Waals surface area contributed by atoms with Gasteiger partial charge in [0.1, 0.15) is 0 Å². The van der Waals surface area contributed by atoms with E-state index in [0.717, 1.165) is 0 Å². The zero-order valence-corrected chi connectivity index (χ0v) is 12.8. The van der Waals surface area contributed by atoms with E-state index in [0.29, 0.717) is 0 Å². The Morgan fingerprint density at radius 1 is 1.20 bits per heavy atom. The SMILES string of the molecule is [Gd].[La].[O]=[Co].[Sr]. The van der Waals surface area contributed by atoms with E-state index in [4.69, 9.17) is 3.87 Å². The van der Waals surface area contributed by atoms with E-state index in [9.17, 15) is 0 Å². The number of hydrogen-bond donors (Lipinski definition) is 0. The van der Waals surface area contributed by atoms with Crippen LogP contribution in [-0.2, 0) is 19.5 Å². The maximum Gasteiger partial charge on any atom is 0 e. The average Bonchev–Trinajstić information content (AvgIpc) is 1.00. The maximum atomic E-state index is 7.94. The van der Waals surface area contributed by atoms with Gasteiger partial charge in [-0.05, 0) is 0 Å². The normalized spacial score (nSPS) is 1.00. The van der Waals surface area contributed by atoms with Gasteiger partial charge in [0.05, 0.1) is 0 Å². The fraction of sp³-hybridized carbons (Fsp3) is 0. The summed E-state index contributed by atoms with van der Waals surface area (Å²) in [6.07, 6.45) is 0. The molecular formula is CoGdLaOSr. The summed E-state index contributed by atoms with van der Waals surface area (Å²) in [6.45, 7) is 0. The van der Waals surface area contributed by atoms with Crippen LogP contribution in [0.2, 0.25) is 0 Å². The van der Waals surface area contributed by atoms with Crippen LogP contribution in [-0.4, -0.2) is 45.5 Å². The summed E-state index contributed by atoms with van der Waals surface area (Å²) < 4.78 is 7.94. The Bertz CT molecular complexity index is 11.6. The molecule has 0 saturated carbocycles. The summed E-state index contributed by atoms with van der Waals surface area (Å²) in [5, 5.41) is 0. The van der Waals surface area contributed by atoms with E-state index in [1.54, 1.807) is 0 Å². The largest absolute Gasteiger partial charge is 0 e. The topological polar surface area (TPSA) is 17.1 Å². The molecule has 0 aromatic rings. The Kier molecular flexibility index (Phi) is 109. The first-order valence-electron chi connectivity index (χ1n) is 0.136. The molecule has 1 nitrogen and oxygen atoms in total. The van der Waals surface area contributed by atoms with E-state index in [2.05, 4.69) is 15.7 Å².